The summed E-state index contributed by atoms with van der Waals surface area (Å²) in [6.45, 7) is 3.89. The van der Waals surface area contributed by atoms with Crippen LogP contribution in [0.15, 0.2) is 30.3 Å². The number of aryl methyl sites for hydroxylation is 1. The number of aliphatic hydroxyl groups is 1. The molecule has 1 aromatic carbocycles. The highest BCUT2D eigenvalue weighted by Gasteiger charge is 2.10. The molecule has 1 aromatic heterocycles. The highest BCUT2D eigenvalue weighted by atomic mass is 16.3. The van der Waals surface area contributed by atoms with Crippen LogP contribution in [0.4, 0.5) is 0 Å². The van der Waals surface area contributed by atoms with Crippen LogP contribution in [0.5, 0.6) is 0 Å². The molecule has 4 nitrogen and oxygen atoms in total. The van der Waals surface area contributed by atoms with E-state index in [1.165, 1.54) is 0 Å². The van der Waals surface area contributed by atoms with Crippen LogP contribution in [-0.4, -0.2) is 28.6 Å². The zero-order valence-corrected chi connectivity index (χ0v) is 11.2. The molecule has 2 N–H and O–H groups in total. The van der Waals surface area contributed by atoms with Gasteiger partial charge in [-0.1, -0.05) is 6.07 Å². The van der Waals surface area contributed by atoms with Crippen LogP contribution in [0.3, 0.4) is 0 Å². The summed E-state index contributed by atoms with van der Waals surface area (Å²) in [5, 5.41) is 12.6. The number of aromatic nitrogens is 1. The van der Waals surface area contributed by atoms with Crippen molar-refractivity contribution in [2.75, 3.05) is 6.61 Å². The van der Waals surface area contributed by atoms with Crippen molar-refractivity contribution in [3.8, 4) is 0 Å². The minimum Gasteiger partial charge on any atom is -0.396 e. The first-order valence-corrected chi connectivity index (χ1v) is 6.39. The van der Waals surface area contributed by atoms with Gasteiger partial charge in [-0.25, -0.2) is 0 Å². The summed E-state index contributed by atoms with van der Waals surface area (Å²) in [4.78, 5) is 16.4. The van der Waals surface area contributed by atoms with Crippen molar-refractivity contribution in [1.29, 1.82) is 0 Å². The molecule has 0 fully saturated rings. The summed E-state index contributed by atoms with van der Waals surface area (Å²) in [6.07, 6.45) is 0.556. The van der Waals surface area contributed by atoms with E-state index in [1.54, 1.807) is 6.07 Å². The number of pyridine rings is 1. The Labute approximate surface area is 112 Å². The average Bonchev–Trinajstić information content (AvgIpc) is 2.38. The Balaban J connectivity index is 2.21. The van der Waals surface area contributed by atoms with E-state index in [-0.39, 0.29) is 18.6 Å². The fourth-order valence-electron chi connectivity index (χ4n) is 1.94. The van der Waals surface area contributed by atoms with Crippen LogP contribution in [0.2, 0.25) is 0 Å². The predicted molar refractivity (Wildman–Crippen MR) is 75.1 cm³/mol. The molecule has 1 amide bonds. The van der Waals surface area contributed by atoms with Gasteiger partial charge in [0.15, 0.2) is 0 Å². The first kappa shape index (κ1) is 13.5. The smallest absolute Gasteiger partial charge is 0.251 e. The number of nitrogens with zero attached hydrogens (tertiary/aromatic N) is 1. The fourth-order valence-corrected chi connectivity index (χ4v) is 1.94. The second-order valence-electron chi connectivity index (χ2n) is 4.75. The second kappa shape index (κ2) is 5.80. The van der Waals surface area contributed by atoms with Gasteiger partial charge in [0.2, 0.25) is 0 Å². The van der Waals surface area contributed by atoms with Crippen LogP contribution >= 0.6 is 0 Å². The van der Waals surface area contributed by atoms with Gasteiger partial charge >= 0.3 is 0 Å². The monoisotopic (exact) mass is 258 g/mol. The zero-order valence-electron chi connectivity index (χ0n) is 11.2. The Morgan fingerprint density at radius 3 is 2.89 bits per heavy atom. The van der Waals surface area contributed by atoms with Crippen molar-refractivity contribution in [1.82, 2.24) is 10.3 Å². The summed E-state index contributed by atoms with van der Waals surface area (Å²) in [6, 6.07) is 9.32. The summed E-state index contributed by atoms with van der Waals surface area (Å²) in [5.41, 5.74) is 2.46. The number of carbonyl (C=O) groups excluding carboxylic acids is 1. The molecule has 0 radical (unpaired) electrons. The molecule has 0 bridgehead atoms. The number of nitrogens with one attached hydrogen (secondary N) is 1. The molecule has 2 rings (SSSR count). The van der Waals surface area contributed by atoms with E-state index in [1.807, 2.05) is 38.1 Å². The Morgan fingerprint density at radius 2 is 2.16 bits per heavy atom. The fraction of sp³-hybridized carbons (Fsp3) is 0.333. The molecule has 0 saturated heterocycles. The quantitative estimate of drug-likeness (QED) is 0.882. The molecule has 1 atom stereocenters. The van der Waals surface area contributed by atoms with E-state index in [2.05, 4.69) is 10.3 Å². The highest BCUT2D eigenvalue weighted by Crippen LogP contribution is 2.15. The second-order valence-corrected chi connectivity index (χ2v) is 4.75. The van der Waals surface area contributed by atoms with Gasteiger partial charge in [0.1, 0.15) is 0 Å². The van der Waals surface area contributed by atoms with Gasteiger partial charge in [-0.05, 0) is 44.5 Å². The molecular formula is C15H18N2O2. The van der Waals surface area contributed by atoms with Crippen molar-refractivity contribution in [3.63, 3.8) is 0 Å². The van der Waals surface area contributed by atoms with Crippen LogP contribution < -0.4 is 5.32 Å². The van der Waals surface area contributed by atoms with E-state index in [4.69, 9.17) is 5.11 Å². The molecular weight excluding hydrogens is 240 g/mol. The number of amides is 1. The topological polar surface area (TPSA) is 62.2 Å². The summed E-state index contributed by atoms with van der Waals surface area (Å²) >= 11 is 0. The minimum atomic E-state index is -0.122. The number of carbonyl (C=O) groups is 1. The molecule has 0 saturated carbocycles. The van der Waals surface area contributed by atoms with Crippen LogP contribution in [0.1, 0.15) is 29.4 Å². The lowest BCUT2D eigenvalue weighted by Gasteiger charge is -2.12. The van der Waals surface area contributed by atoms with Crippen molar-refractivity contribution in [2.24, 2.45) is 0 Å². The number of rotatable bonds is 4. The Bertz CT molecular complexity index is 596. The lowest BCUT2D eigenvalue weighted by atomic mass is 10.1. The first-order chi connectivity index (χ1) is 9.10. The standard InChI is InChI=1S/C15H18N2O2/c1-10-3-4-12-9-13(5-6-14(12)16-10)15(19)17-11(2)7-8-18/h3-6,9,11,18H,7-8H2,1-2H3,(H,17,19). The molecule has 1 unspecified atom stereocenters. The summed E-state index contributed by atoms with van der Waals surface area (Å²) < 4.78 is 0. The van der Waals surface area contributed by atoms with Crippen molar-refractivity contribution in [2.45, 2.75) is 26.3 Å². The molecule has 0 spiro atoms. The molecule has 1 heterocycles. The zero-order chi connectivity index (χ0) is 13.8. The van der Waals surface area contributed by atoms with Crippen LogP contribution in [0, 0.1) is 6.92 Å². The van der Waals surface area contributed by atoms with Gasteiger partial charge in [0.25, 0.3) is 5.91 Å². The molecule has 0 aliphatic rings. The third-order valence-corrected chi connectivity index (χ3v) is 3.03. The van der Waals surface area contributed by atoms with Gasteiger partial charge in [-0.3, -0.25) is 9.78 Å². The van der Waals surface area contributed by atoms with E-state index in [9.17, 15) is 4.79 Å². The normalized spacial score (nSPS) is 12.4. The Kier molecular flexibility index (Phi) is 4.12. The Morgan fingerprint density at radius 1 is 1.37 bits per heavy atom. The Hall–Kier alpha value is -1.94. The predicted octanol–water partition coefficient (Wildman–Crippen LogP) is 2.04. The third-order valence-electron chi connectivity index (χ3n) is 3.03. The largest absolute Gasteiger partial charge is 0.396 e. The lowest BCUT2D eigenvalue weighted by Crippen LogP contribution is -2.33. The van der Waals surface area contributed by atoms with Gasteiger partial charge < -0.3 is 10.4 Å². The SMILES string of the molecule is Cc1ccc2cc(C(=O)NC(C)CCO)ccc2n1. The lowest BCUT2D eigenvalue weighted by molar-refractivity contribution is 0.0934. The van der Waals surface area contributed by atoms with Gasteiger partial charge in [-0.2, -0.15) is 0 Å². The third kappa shape index (κ3) is 3.29. The number of hydrogen-bond donors (Lipinski definition) is 2. The highest BCUT2D eigenvalue weighted by molar-refractivity contribution is 5.98. The molecule has 100 valence electrons. The summed E-state index contributed by atoms with van der Waals surface area (Å²) in [7, 11) is 0. The molecule has 2 aromatic rings. The first-order valence-electron chi connectivity index (χ1n) is 6.39. The average molecular weight is 258 g/mol. The van der Waals surface area contributed by atoms with Crippen LogP contribution in [0.25, 0.3) is 10.9 Å². The van der Waals surface area contributed by atoms with Crippen molar-refractivity contribution >= 4 is 16.8 Å². The number of aliphatic hydroxyl groups excluding tert-OH is 1. The maximum Gasteiger partial charge on any atom is 0.251 e. The van der Waals surface area contributed by atoms with Crippen molar-refractivity contribution in [3.05, 3.63) is 41.6 Å². The van der Waals surface area contributed by atoms with Crippen LogP contribution in [-0.2, 0) is 0 Å². The summed E-state index contributed by atoms with van der Waals surface area (Å²) in [5.74, 6) is -0.122. The molecule has 0 aliphatic carbocycles. The number of fused-ring (bicyclic) bond motifs is 1. The minimum absolute atomic E-state index is 0.0376. The number of hydrogen-bond acceptors (Lipinski definition) is 3. The van der Waals surface area contributed by atoms with Crippen molar-refractivity contribution < 1.29 is 9.90 Å². The van der Waals surface area contributed by atoms with E-state index in [0.29, 0.717) is 12.0 Å². The molecule has 19 heavy (non-hydrogen) atoms. The van der Waals surface area contributed by atoms with Gasteiger partial charge in [-0.15, -0.1) is 0 Å². The van der Waals surface area contributed by atoms with Gasteiger partial charge in [0.05, 0.1) is 5.52 Å². The van der Waals surface area contributed by atoms with E-state index < -0.39 is 0 Å². The number of benzene rings is 1. The van der Waals surface area contributed by atoms with Gasteiger partial charge in [0, 0.05) is 29.3 Å². The molecule has 4 heteroatoms. The van der Waals surface area contributed by atoms with E-state index >= 15 is 0 Å². The molecule has 0 aliphatic heterocycles. The maximum atomic E-state index is 12.0. The van der Waals surface area contributed by atoms with E-state index in [0.717, 1.165) is 16.6 Å². The maximum absolute atomic E-state index is 12.0.